The van der Waals surface area contributed by atoms with Gasteiger partial charge in [-0.05, 0) is 6.42 Å². The van der Waals surface area contributed by atoms with Crippen molar-refractivity contribution in [1.29, 1.82) is 0 Å². The van der Waals surface area contributed by atoms with E-state index in [2.05, 4.69) is 9.97 Å². The minimum absolute atomic E-state index is 0.183. The predicted molar refractivity (Wildman–Crippen MR) is 54.0 cm³/mol. The largest absolute Gasteiger partial charge is 0.478 e. The SMILES string of the molecule is CCC(OC)c1ncc(C(=O)O)c(C(F)(F)F)n1. The zero-order chi connectivity index (χ0) is 13.9. The van der Waals surface area contributed by atoms with Gasteiger partial charge in [0, 0.05) is 13.3 Å². The molecular weight excluding hydrogens is 253 g/mol. The summed E-state index contributed by atoms with van der Waals surface area (Å²) in [6.07, 6.45) is -4.53. The van der Waals surface area contributed by atoms with E-state index in [1.165, 1.54) is 7.11 Å². The highest BCUT2D eigenvalue weighted by Crippen LogP contribution is 2.31. The van der Waals surface area contributed by atoms with Crippen molar-refractivity contribution in [2.45, 2.75) is 25.6 Å². The molecule has 18 heavy (non-hydrogen) atoms. The highest BCUT2D eigenvalue weighted by Gasteiger charge is 2.38. The zero-order valence-electron chi connectivity index (χ0n) is 9.65. The second-order valence-electron chi connectivity index (χ2n) is 3.43. The van der Waals surface area contributed by atoms with Crippen LogP contribution in [0.15, 0.2) is 6.20 Å². The Balaban J connectivity index is 3.34. The van der Waals surface area contributed by atoms with E-state index in [-0.39, 0.29) is 5.82 Å². The number of hydrogen-bond acceptors (Lipinski definition) is 4. The maximum atomic E-state index is 12.7. The summed E-state index contributed by atoms with van der Waals surface area (Å²) in [6.45, 7) is 1.69. The number of carboxylic acids is 1. The number of aromatic carboxylic acids is 1. The Morgan fingerprint density at radius 1 is 1.56 bits per heavy atom. The monoisotopic (exact) mass is 264 g/mol. The molecule has 0 radical (unpaired) electrons. The van der Waals surface area contributed by atoms with Gasteiger partial charge < -0.3 is 9.84 Å². The summed E-state index contributed by atoms with van der Waals surface area (Å²) < 4.78 is 42.9. The van der Waals surface area contributed by atoms with Crippen LogP contribution in [0.25, 0.3) is 0 Å². The molecule has 0 amide bonds. The van der Waals surface area contributed by atoms with Crippen molar-refractivity contribution in [2.24, 2.45) is 0 Å². The molecule has 0 saturated heterocycles. The smallest absolute Gasteiger partial charge is 0.434 e. The summed E-state index contributed by atoms with van der Waals surface area (Å²) in [7, 11) is 1.32. The number of rotatable bonds is 4. The van der Waals surface area contributed by atoms with Crippen LogP contribution in [0.1, 0.15) is 41.3 Å². The molecule has 0 spiro atoms. The fourth-order valence-electron chi connectivity index (χ4n) is 1.38. The van der Waals surface area contributed by atoms with E-state index in [9.17, 15) is 18.0 Å². The first-order chi connectivity index (χ1) is 8.31. The molecule has 1 rings (SSSR count). The highest BCUT2D eigenvalue weighted by molar-refractivity contribution is 5.88. The summed E-state index contributed by atoms with van der Waals surface area (Å²) in [4.78, 5) is 17.5. The van der Waals surface area contributed by atoms with Gasteiger partial charge in [-0.2, -0.15) is 13.2 Å². The first kappa shape index (κ1) is 14.4. The zero-order valence-corrected chi connectivity index (χ0v) is 9.65. The number of alkyl halides is 3. The van der Waals surface area contributed by atoms with E-state index in [1.54, 1.807) is 6.92 Å². The van der Waals surface area contributed by atoms with Crippen molar-refractivity contribution in [2.75, 3.05) is 7.11 Å². The van der Waals surface area contributed by atoms with E-state index in [0.717, 1.165) is 0 Å². The molecular formula is C10H11F3N2O3. The number of halogens is 3. The van der Waals surface area contributed by atoms with Crippen molar-refractivity contribution in [3.8, 4) is 0 Å². The average molecular weight is 264 g/mol. The molecule has 0 aromatic carbocycles. The Morgan fingerprint density at radius 3 is 2.56 bits per heavy atom. The standard InChI is InChI=1S/C10H11F3N2O3/c1-3-6(18-2)8-14-4-5(9(16)17)7(15-8)10(11,12)13/h4,6H,3H2,1-2H3,(H,16,17). The van der Waals surface area contributed by atoms with Crippen LogP contribution in [0.4, 0.5) is 13.2 Å². The first-order valence-corrected chi connectivity index (χ1v) is 5.01. The van der Waals surface area contributed by atoms with Gasteiger partial charge in [-0.3, -0.25) is 0 Å². The van der Waals surface area contributed by atoms with E-state index in [4.69, 9.17) is 9.84 Å². The lowest BCUT2D eigenvalue weighted by Crippen LogP contribution is -2.19. The van der Waals surface area contributed by atoms with Crippen LogP contribution < -0.4 is 0 Å². The Bertz CT molecular complexity index is 444. The molecule has 1 atom stereocenters. The Hall–Kier alpha value is -1.70. The molecule has 5 nitrogen and oxygen atoms in total. The molecule has 0 aliphatic rings. The van der Waals surface area contributed by atoms with Gasteiger partial charge in [0.1, 0.15) is 11.7 Å². The van der Waals surface area contributed by atoms with Crippen LogP contribution in [0, 0.1) is 0 Å². The minimum atomic E-state index is -4.85. The molecule has 0 bridgehead atoms. The summed E-state index contributed by atoms with van der Waals surface area (Å²) in [6, 6.07) is 0. The van der Waals surface area contributed by atoms with E-state index >= 15 is 0 Å². The third-order valence-electron chi connectivity index (χ3n) is 2.25. The minimum Gasteiger partial charge on any atom is -0.478 e. The lowest BCUT2D eigenvalue weighted by molar-refractivity contribution is -0.142. The van der Waals surface area contributed by atoms with Gasteiger partial charge in [0.05, 0.1) is 0 Å². The van der Waals surface area contributed by atoms with Crippen molar-refractivity contribution in [3.63, 3.8) is 0 Å². The molecule has 0 aliphatic carbocycles. The second-order valence-corrected chi connectivity index (χ2v) is 3.43. The number of aromatic nitrogens is 2. The van der Waals surface area contributed by atoms with Crippen molar-refractivity contribution in [3.05, 3.63) is 23.3 Å². The van der Waals surface area contributed by atoms with Crippen LogP contribution in [-0.4, -0.2) is 28.2 Å². The molecule has 0 aliphatic heterocycles. The van der Waals surface area contributed by atoms with E-state index in [0.29, 0.717) is 12.6 Å². The molecule has 1 N–H and O–H groups in total. The molecule has 1 unspecified atom stereocenters. The molecule has 100 valence electrons. The lowest BCUT2D eigenvalue weighted by Gasteiger charge is -2.14. The summed E-state index contributed by atoms with van der Waals surface area (Å²) in [5, 5.41) is 8.66. The fraction of sp³-hybridized carbons (Fsp3) is 0.500. The van der Waals surface area contributed by atoms with Crippen molar-refractivity contribution in [1.82, 2.24) is 9.97 Å². The topological polar surface area (TPSA) is 72.3 Å². The third kappa shape index (κ3) is 2.95. The number of carboxylic acid groups (broad SMARTS) is 1. The van der Waals surface area contributed by atoms with E-state index < -0.39 is 29.5 Å². The van der Waals surface area contributed by atoms with Gasteiger partial charge in [-0.1, -0.05) is 6.92 Å². The molecule has 1 heterocycles. The van der Waals surface area contributed by atoms with Gasteiger partial charge in [0.2, 0.25) is 0 Å². The fourth-order valence-corrected chi connectivity index (χ4v) is 1.38. The molecule has 8 heteroatoms. The van der Waals surface area contributed by atoms with Crippen LogP contribution in [0.3, 0.4) is 0 Å². The summed E-state index contributed by atoms with van der Waals surface area (Å²) in [5.74, 6) is -1.91. The number of nitrogens with zero attached hydrogens (tertiary/aromatic N) is 2. The van der Waals surface area contributed by atoms with Gasteiger partial charge in [0.25, 0.3) is 0 Å². The summed E-state index contributed by atoms with van der Waals surface area (Å²) in [5.41, 5.74) is -2.44. The molecule has 1 aromatic heterocycles. The number of carbonyl (C=O) groups is 1. The van der Waals surface area contributed by atoms with Crippen LogP contribution in [-0.2, 0) is 10.9 Å². The normalized spacial score (nSPS) is 13.4. The molecule has 1 aromatic rings. The lowest BCUT2D eigenvalue weighted by atomic mass is 10.2. The number of ether oxygens (including phenoxy) is 1. The van der Waals surface area contributed by atoms with Gasteiger partial charge in [0.15, 0.2) is 11.5 Å². The van der Waals surface area contributed by atoms with Gasteiger partial charge >= 0.3 is 12.1 Å². The Morgan fingerprint density at radius 2 is 2.17 bits per heavy atom. The third-order valence-corrected chi connectivity index (χ3v) is 2.25. The average Bonchev–Trinajstić information content (AvgIpc) is 2.29. The van der Waals surface area contributed by atoms with Crippen LogP contribution >= 0.6 is 0 Å². The van der Waals surface area contributed by atoms with Crippen LogP contribution in [0.5, 0.6) is 0 Å². The molecule has 0 saturated carbocycles. The van der Waals surface area contributed by atoms with Crippen LogP contribution in [0.2, 0.25) is 0 Å². The number of hydrogen-bond donors (Lipinski definition) is 1. The maximum Gasteiger partial charge on any atom is 0.434 e. The van der Waals surface area contributed by atoms with Crippen molar-refractivity contribution >= 4 is 5.97 Å². The number of methoxy groups -OCH3 is 1. The highest BCUT2D eigenvalue weighted by atomic mass is 19.4. The van der Waals surface area contributed by atoms with Crippen molar-refractivity contribution < 1.29 is 27.8 Å². The molecule has 0 fully saturated rings. The Labute approximate surface area is 101 Å². The summed E-state index contributed by atoms with van der Waals surface area (Å²) >= 11 is 0. The predicted octanol–water partition coefficient (Wildman–Crippen LogP) is 2.29. The Kier molecular flexibility index (Phi) is 4.23. The van der Waals surface area contributed by atoms with Gasteiger partial charge in [-0.25, -0.2) is 14.8 Å². The second kappa shape index (κ2) is 5.30. The first-order valence-electron chi connectivity index (χ1n) is 5.01. The maximum absolute atomic E-state index is 12.7. The quantitative estimate of drug-likeness (QED) is 0.903. The van der Waals surface area contributed by atoms with Gasteiger partial charge in [-0.15, -0.1) is 0 Å². The van der Waals surface area contributed by atoms with E-state index in [1.807, 2.05) is 0 Å².